The van der Waals surface area contributed by atoms with Crippen LogP contribution >= 0.6 is 0 Å². The number of nitrogens with two attached hydrogens (primary N) is 1. The first-order valence-electron chi connectivity index (χ1n) is 7.69. The van der Waals surface area contributed by atoms with Gasteiger partial charge in [-0.2, -0.15) is 5.10 Å². The zero-order chi connectivity index (χ0) is 14.9. The molecular weight excluding hydrogens is 268 g/mol. The van der Waals surface area contributed by atoms with Crippen molar-refractivity contribution >= 4 is 17.5 Å². The van der Waals surface area contributed by atoms with Gasteiger partial charge in [-0.25, -0.2) is 0 Å². The van der Waals surface area contributed by atoms with Crippen molar-refractivity contribution in [2.45, 2.75) is 51.5 Å². The van der Waals surface area contributed by atoms with Gasteiger partial charge in [-0.15, -0.1) is 0 Å². The Hall–Kier alpha value is -1.85. The minimum Gasteiger partial charge on any atom is -0.396 e. The molecule has 114 valence electrons. The smallest absolute Gasteiger partial charge is 0.229 e. The van der Waals surface area contributed by atoms with Crippen molar-refractivity contribution in [1.82, 2.24) is 14.7 Å². The molecule has 2 heterocycles. The maximum Gasteiger partial charge on any atom is 0.229 e. The molecule has 1 aromatic heterocycles. The topological polar surface area (TPSA) is 81.2 Å². The van der Waals surface area contributed by atoms with Crippen molar-refractivity contribution in [2.24, 2.45) is 5.41 Å². The predicted octanol–water partition coefficient (Wildman–Crippen LogP) is 1.56. The van der Waals surface area contributed by atoms with Gasteiger partial charge in [-0.1, -0.05) is 19.3 Å². The summed E-state index contributed by atoms with van der Waals surface area (Å²) in [5.74, 6) is -0.0402. The van der Waals surface area contributed by atoms with Gasteiger partial charge in [0.25, 0.3) is 0 Å². The minimum absolute atomic E-state index is 0.0201. The predicted molar refractivity (Wildman–Crippen MR) is 78.1 cm³/mol. The number of carbonyl (C=O) groups excluding carboxylic acids is 2. The zero-order valence-corrected chi connectivity index (χ0v) is 12.3. The van der Waals surface area contributed by atoms with Crippen molar-refractivity contribution < 1.29 is 9.59 Å². The summed E-state index contributed by atoms with van der Waals surface area (Å²) < 4.78 is 1.67. The summed E-state index contributed by atoms with van der Waals surface area (Å²) in [4.78, 5) is 26.1. The molecule has 21 heavy (non-hydrogen) atoms. The Bertz CT molecular complexity index is 526. The first-order chi connectivity index (χ1) is 10.1. The molecule has 1 spiro atoms. The van der Waals surface area contributed by atoms with Crippen LogP contribution in [-0.2, 0) is 16.1 Å². The number of carbonyl (C=O) groups is 2. The van der Waals surface area contributed by atoms with E-state index >= 15 is 0 Å². The van der Waals surface area contributed by atoms with Crippen LogP contribution in [0.5, 0.6) is 0 Å². The second-order valence-corrected chi connectivity index (χ2v) is 6.39. The lowest BCUT2D eigenvalue weighted by atomic mass is 9.67. The van der Waals surface area contributed by atoms with Crippen molar-refractivity contribution in [2.75, 3.05) is 12.3 Å². The Morgan fingerprint density at radius 2 is 1.76 bits per heavy atom. The maximum absolute atomic E-state index is 12.4. The van der Waals surface area contributed by atoms with Gasteiger partial charge in [0.05, 0.1) is 18.4 Å². The van der Waals surface area contributed by atoms with Gasteiger partial charge >= 0.3 is 0 Å². The molecule has 6 heteroatoms. The van der Waals surface area contributed by atoms with E-state index in [1.54, 1.807) is 17.1 Å². The molecule has 1 aliphatic carbocycles. The molecule has 1 saturated carbocycles. The lowest BCUT2D eigenvalue weighted by Gasteiger charge is -2.42. The SMILES string of the molecule is Nc1cnn(CCN2C(=O)CC3(CCCCC3)CC2=O)c1. The summed E-state index contributed by atoms with van der Waals surface area (Å²) in [6.07, 6.45) is 9.90. The van der Waals surface area contributed by atoms with E-state index in [9.17, 15) is 9.59 Å². The molecule has 1 aromatic rings. The molecule has 2 fully saturated rings. The molecular formula is C15H22N4O2. The van der Waals surface area contributed by atoms with Gasteiger partial charge in [0.2, 0.25) is 11.8 Å². The van der Waals surface area contributed by atoms with Gasteiger partial charge in [0.15, 0.2) is 0 Å². The number of nitrogen functional groups attached to an aromatic ring is 1. The number of nitrogens with zero attached hydrogens (tertiary/aromatic N) is 3. The Balaban J connectivity index is 1.62. The molecule has 2 aliphatic rings. The van der Waals surface area contributed by atoms with Crippen LogP contribution in [0.4, 0.5) is 5.69 Å². The van der Waals surface area contributed by atoms with Gasteiger partial charge in [-0.05, 0) is 18.3 Å². The standard InChI is InChI=1S/C15H22N4O2/c16-12-10-17-18(11-12)6-7-19-13(20)8-15(9-14(19)21)4-2-1-3-5-15/h10-11H,1-9,16H2. The zero-order valence-electron chi connectivity index (χ0n) is 12.3. The third kappa shape index (κ3) is 2.94. The molecule has 0 unspecified atom stereocenters. The second kappa shape index (κ2) is 5.50. The number of piperidine rings is 1. The van der Waals surface area contributed by atoms with Crippen LogP contribution in [0.1, 0.15) is 44.9 Å². The average Bonchev–Trinajstić information content (AvgIpc) is 2.84. The second-order valence-electron chi connectivity index (χ2n) is 6.39. The van der Waals surface area contributed by atoms with Crippen molar-refractivity contribution in [1.29, 1.82) is 0 Å². The number of imide groups is 1. The molecule has 0 bridgehead atoms. The first-order valence-corrected chi connectivity index (χ1v) is 7.69. The summed E-state index contributed by atoms with van der Waals surface area (Å²) in [6.45, 7) is 0.885. The number of likely N-dealkylation sites (tertiary alicyclic amines) is 1. The van der Waals surface area contributed by atoms with Gasteiger partial charge < -0.3 is 5.73 Å². The van der Waals surface area contributed by atoms with Crippen LogP contribution in [0.15, 0.2) is 12.4 Å². The number of rotatable bonds is 3. The van der Waals surface area contributed by atoms with Crippen LogP contribution in [0.3, 0.4) is 0 Å². The fourth-order valence-corrected chi connectivity index (χ4v) is 3.64. The van der Waals surface area contributed by atoms with E-state index in [1.165, 1.54) is 11.3 Å². The summed E-state index contributed by atoms with van der Waals surface area (Å²) in [5, 5.41) is 4.08. The molecule has 0 radical (unpaired) electrons. The summed E-state index contributed by atoms with van der Waals surface area (Å²) in [6, 6.07) is 0. The molecule has 2 N–H and O–H groups in total. The third-order valence-electron chi connectivity index (χ3n) is 4.77. The van der Waals surface area contributed by atoms with Gasteiger partial charge in [0.1, 0.15) is 0 Å². The molecule has 0 atom stereocenters. The Morgan fingerprint density at radius 1 is 1.10 bits per heavy atom. The minimum atomic E-state index is -0.0426. The number of hydrogen-bond donors (Lipinski definition) is 1. The summed E-state index contributed by atoms with van der Waals surface area (Å²) >= 11 is 0. The number of anilines is 1. The molecule has 2 amide bonds. The van der Waals surface area contributed by atoms with Crippen molar-refractivity contribution in [3.8, 4) is 0 Å². The lowest BCUT2D eigenvalue weighted by Crippen LogP contribution is -2.49. The van der Waals surface area contributed by atoms with E-state index in [4.69, 9.17) is 5.73 Å². The van der Waals surface area contributed by atoms with E-state index in [1.807, 2.05) is 0 Å². The summed E-state index contributed by atoms with van der Waals surface area (Å²) in [5.41, 5.74) is 6.15. The molecule has 3 rings (SSSR count). The van der Waals surface area contributed by atoms with Crippen LogP contribution in [0.25, 0.3) is 0 Å². The Labute approximate surface area is 124 Å². The van der Waals surface area contributed by atoms with Gasteiger partial charge in [0, 0.05) is 25.6 Å². The fourth-order valence-electron chi connectivity index (χ4n) is 3.64. The monoisotopic (exact) mass is 290 g/mol. The Morgan fingerprint density at radius 3 is 2.33 bits per heavy atom. The molecule has 6 nitrogen and oxygen atoms in total. The van der Waals surface area contributed by atoms with Crippen LogP contribution in [0.2, 0.25) is 0 Å². The quantitative estimate of drug-likeness (QED) is 0.857. The highest BCUT2D eigenvalue weighted by atomic mass is 16.2. The van der Waals surface area contributed by atoms with Crippen LogP contribution in [0, 0.1) is 5.41 Å². The fraction of sp³-hybridized carbons (Fsp3) is 0.667. The Kier molecular flexibility index (Phi) is 3.69. The third-order valence-corrected chi connectivity index (χ3v) is 4.77. The van der Waals surface area contributed by atoms with Crippen molar-refractivity contribution in [3.63, 3.8) is 0 Å². The normalized spacial score (nSPS) is 22.0. The molecule has 1 aliphatic heterocycles. The number of hydrogen-bond acceptors (Lipinski definition) is 4. The van der Waals surface area contributed by atoms with Crippen LogP contribution < -0.4 is 5.73 Å². The summed E-state index contributed by atoms with van der Waals surface area (Å²) in [7, 11) is 0. The van der Waals surface area contributed by atoms with E-state index in [2.05, 4.69) is 5.10 Å². The number of amides is 2. The van der Waals surface area contributed by atoms with E-state index in [-0.39, 0.29) is 17.2 Å². The van der Waals surface area contributed by atoms with Crippen molar-refractivity contribution in [3.05, 3.63) is 12.4 Å². The van der Waals surface area contributed by atoms with Crippen LogP contribution in [-0.4, -0.2) is 33.0 Å². The largest absolute Gasteiger partial charge is 0.396 e. The maximum atomic E-state index is 12.4. The number of aromatic nitrogens is 2. The van der Waals surface area contributed by atoms with E-state index in [0.717, 1.165) is 25.7 Å². The van der Waals surface area contributed by atoms with Gasteiger partial charge in [-0.3, -0.25) is 19.2 Å². The highest BCUT2D eigenvalue weighted by Gasteiger charge is 2.43. The molecule has 0 aromatic carbocycles. The highest BCUT2D eigenvalue weighted by molar-refractivity contribution is 5.98. The van der Waals surface area contributed by atoms with E-state index in [0.29, 0.717) is 31.6 Å². The average molecular weight is 290 g/mol. The molecule has 1 saturated heterocycles. The highest BCUT2D eigenvalue weighted by Crippen LogP contribution is 2.45. The first kappa shape index (κ1) is 14.1. The van der Waals surface area contributed by atoms with E-state index < -0.39 is 0 Å². The lowest BCUT2D eigenvalue weighted by molar-refractivity contribution is -0.154.